The zero-order chi connectivity index (χ0) is 93.9. The number of sulfone groups is 3. The number of halogens is 4. The fraction of sp³-hybridized carbons (Fsp3) is 0.176. The van der Waals surface area contributed by atoms with E-state index < -0.39 is 49.6 Å². The van der Waals surface area contributed by atoms with Crippen molar-refractivity contribution in [2.45, 2.75) is 62.4 Å². The smallest absolute Gasteiger partial charge is 0.250 e. The maximum atomic E-state index is 13.0. The first kappa shape index (κ1) is 100. The predicted octanol–water partition coefficient (Wildman–Crippen LogP) is 18.6. The van der Waals surface area contributed by atoms with E-state index in [1.54, 1.807) is 175 Å². The summed E-state index contributed by atoms with van der Waals surface area (Å²) in [5, 5.41) is 0. The predicted molar refractivity (Wildman–Crippen MR) is 514 cm³/mol. The third-order valence-corrected chi connectivity index (χ3v) is 32.3. The van der Waals surface area contributed by atoms with Crippen molar-refractivity contribution >= 4 is 134 Å². The molecule has 0 fully saturated rings. The number of nitrogens with one attached hydrogen (secondary N) is 2. The first-order valence-corrected chi connectivity index (χ1v) is 51.5. The molecule has 12 aromatic heterocycles. The first-order chi connectivity index (χ1) is 62.8. The van der Waals surface area contributed by atoms with Crippen molar-refractivity contribution in [2.75, 3.05) is 67.0 Å². The van der Waals surface area contributed by atoms with Gasteiger partial charge in [0.1, 0.15) is 62.8 Å². The molecular formula is C91H85BrCl3N11O17S8. The number of thiophene rings is 3. The van der Waals surface area contributed by atoms with Crippen LogP contribution < -0.4 is 42.6 Å². The van der Waals surface area contributed by atoms with Gasteiger partial charge in [-0.25, -0.2) is 56.5 Å². The van der Waals surface area contributed by atoms with Crippen molar-refractivity contribution in [1.82, 2.24) is 54.3 Å². The summed E-state index contributed by atoms with van der Waals surface area (Å²) in [6, 6.07) is 66.5. The van der Waals surface area contributed by atoms with Crippen LogP contribution in [0.3, 0.4) is 0 Å². The van der Waals surface area contributed by atoms with Crippen LogP contribution in [0.15, 0.2) is 288 Å². The average molecular weight is 2050 g/mol. The quantitative estimate of drug-likeness (QED) is 0.0395. The number of hydrogen-bond acceptors (Lipinski definition) is 29. The Bertz CT molecular complexity index is 6820. The summed E-state index contributed by atoms with van der Waals surface area (Å²) in [7, 11) is -7.06. The van der Waals surface area contributed by atoms with E-state index in [9.17, 15) is 42.1 Å². The molecule has 0 unspecified atom stereocenters. The van der Waals surface area contributed by atoms with Crippen LogP contribution in [0.25, 0.3) is 56.8 Å². The fourth-order valence-corrected chi connectivity index (χ4v) is 23.9. The summed E-state index contributed by atoms with van der Waals surface area (Å²) in [6.45, 7) is 2.05. The number of sulfonamides is 2. The van der Waals surface area contributed by atoms with Crippen molar-refractivity contribution in [1.29, 1.82) is 0 Å². The van der Waals surface area contributed by atoms with Crippen molar-refractivity contribution in [3.05, 3.63) is 312 Å². The molecule has 0 saturated carbocycles. The van der Waals surface area contributed by atoms with Gasteiger partial charge in [-0.05, 0) is 162 Å². The SMILES string of the molecule is COc1cc(CCS(=O)(=O)c2cc(OC)ccc2OC)nc(-c2ccccn2)c1.COc1cc(CCS(=O)(=O)c2ccc(C)cc2)nc(-c2ccccn2)c1.COc1cc(CCS(=O)(=O)c2ccc(Cl)s2)nc(-c2ccccn2)c1.COc1cc(CNS(=O)(=O)c2cc(Cl)sc2Cl)nc(-c2ccccn2)c1.COc1cc(CNS(=O)(=O)c2ccc(Br)s2)cc(-c2ccccn2)c1. The van der Waals surface area contributed by atoms with Gasteiger partial charge in [-0.15, -0.1) is 34.0 Å². The van der Waals surface area contributed by atoms with Crippen LogP contribution in [0.4, 0.5) is 0 Å². The van der Waals surface area contributed by atoms with Crippen LogP contribution in [0.1, 0.15) is 33.9 Å². The molecule has 40 heteroatoms. The second kappa shape index (κ2) is 47.2. The van der Waals surface area contributed by atoms with Gasteiger partial charge >= 0.3 is 0 Å². The Morgan fingerprint density at radius 3 is 1.16 bits per heavy atom. The summed E-state index contributed by atoms with van der Waals surface area (Å²) in [5.41, 5.74) is 11.1. The summed E-state index contributed by atoms with van der Waals surface area (Å²) in [5.74, 6) is 3.54. The number of aryl methyl sites for hydroxylation is 4. The number of methoxy groups -OCH3 is 7. The van der Waals surface area contributed by atoms with Gasteiger partial charge in [0.05, 0.1) is 148 Å². The fourth-order valence-electron chi connectivity index (χ4n) is 12.1. The molecule has 0 aliphatic heterocycles. The van der Waals surface area contributed by atoms with E-state index in [0.717, 1.165) is 48.8 Å². The molecule has 15 aromatic rings. The largest absolute Gasteiger partial charge is 0.497 e. The summed E-state index contributed by atoms with van der Waals surface area (Å²) in [4.78, 5) is 39.9. The van der Waals surface area contributed by atoms with Crippen LogP contribution in [0, 0.1) is 6.92 Å². The monoisotopic (exact) mass is 2040 g/mol. The zero-order valence-corrected chi connectivity index (χ0v) is 81.6. The lowest BCUT2D eigenvalue weighted by Gasteiger charge is -2.12. The molecule has 0 amide bonds. The van der Waals surface area contributed by atoms with E-state index in [0.29, 0.717) is 123 Å². The zero-order valence-electron chi connectivity index (χ0n) is 71.2. The molecule has 12 heterocycles. The van der Waals surface area contributed by atoms with Gasteiger partial charge in [-0.2, -0.15) is 0 Å². The molecule has 2 N–H and O–H groups in total. The second-order valence-corrected chi connectivity index (χ2v) is 44.4. The maximum Gasteiger partial charge on any atom is 0.250 e. The second-order valence-electron chi connectivity index (χ2n) is 27.7. The molecule has 0 radical (unpaired) electrons. The van der Waals surface area contributed by atoms with Gasteiger partial charge in [0.15, 0.2) is 29.5 Å². The Morgan fingerprint density at radius 2 is 0.756 bits per heavy atom. The molecule has 0 spiro atoms. The lowest BCUT2D eigenvalue weighted by Crippen LogP contribution is -2.23. The number of rotatable bonds is 32. The summed E-state index contributed by atoms with van der Waals surface area (Å²) >= 11 is 24.1. The highest BCUT2D eigenvalue weighted by atomic mass is 79.9. The Balaban J connectivity index is 0.000000158. The number of ether oxygens (including phenoxy) is 7. The van der Waals surface area contributed by atoms with Crippen molar-refractivity contribution in [3.8, 4) is 97.1 Å². The van der Waals surface area contributed by atoms with Gasteiger partial charge in [0, 0.05) is 134 Å². The molecule has 131 heavy (non-hydrogen) atoms. The molecule has 0 aliphatic carbocycles. The molecule has 682 valence electrons. The standard InChI is InChI=1S/C21H22N2O5S.C20H20N2O3S.C17H15BrN2O3S2.C17H15ClN2O3S2.C16H13Cl2N3O3S2/c1-26-16-7-8-20(28-3)21(14-16)29(24,25)11-9-15-12-17(27-2)13-19(23-15)18-6-4-5-10-22-18;1-15-6-8-18(9-7-15)26(23,24)12-10-16-13-17(25-2)14-20(22-16)19-5-3-4-11-21-19;1-23-14-9-12(8-13(10-14)15-4-2-3-7-19-15)11-20-25(21,22)17-6-5-16(18)24-17;1-23-13-10-12(20-15(11-13)14-4-2-3-8-19-14)7-9-25(21,22)17-6-5-16(18)24-17;1-24-11-6-10(21-13(7-11)12-4-2-3-5-19-12)9-20-26(22,23)14-8-15(17)25-16(14)18/h4-8,10,12-14H,9,11H2,1-3H3;3-9,11,13-14H,10,12H2,1-2H3;2-10,20H,11H2,1H3;2-6,8,10-11H,7,9H2,1H3;2-8,20H,9H2,1H3. The number of aromatic nitrogens is 9. The highest BCUT2D eigenvalue weighted by molar-refractivity contribution is 9.11. The number of benzene rings is 3. The molecule has 3 aromatic carbocycles. The van der Waals surface area contributed by atoms with Crippen molar-refractivity contribution in [2.24, 2.45) is 0 Å². The van der Waals surface area contributed by atoms with Gasteiger partial charge < -0.3 is 33.2 Å². The molecule has 0 atom stereocenters. The Morgan fingerprint density at radius 1 is 0.336 bits per heavy atom. The average Bonchev–Trinajstić information content (AvgIpc) is 1.58. The van der Waals surface area contributed by atoms with E-state index in [1.165, 1.54) is 50.9 Å². The Kier molecular flexibility index (Phi) is 36.1. The van der Waals surface area contributed by atoms with Crippen molar-refractivity contribution in [3.63, 3.8) is 0 Å². The molecule has 0 aliphatic rings. The third-order valence-electron chi connectivity index (χ3n) is 18.7. The minimum Gasteiger partial charge on any atom is -0.497 e. The van der Waals surface area contributed by atoms with Crippen LogP contribution in [-0.4, -0.2) is 154 Å². The molecule has 28 nitrogen and oxygen atoms in total. The van der Waals surface area contributed by atoms with E-state index >= 15 is 0 Å². The molecule has 0 bridgehead atoms. The van der Waals surface area contributed by atoms with Gasteiger partial charge in [-0.1, -0.05) is 82.8 Å². The normalized spacial score (nSPS) is 11.4. The molecule has 0 saturated heterocycles. The van der Waals surface area contributed by atoms with Crippen LogP contribution in [-0.2, 0) is 81.9 Å². The third kappa shape index (κ3) is 29.1. The summed E-state index contributed by atoms with van der Waals surface area (Å²) < 4.78 is 170. The van der Waals surface area contributed by atoms with Gasteiger partial charge in [-0.3, -0.25) is 39.9 Å². The van der Waals surface area contributed by atoms with E-state index in [-0.39, 0.29) is 71.5 Å². The molecular weight excluding hydrogens is 1960 g/mol. The Labute approximate surface area is 795 Å². The minimum atomic E-state index is -3.82. The highest BCUT2D eigenvalue weighted by Crippen LogP contribution is 2.37. The van der Waals surface area contributed by atoms with E-state index in [1.807, 2.05) is 104 Å². The van der Waals surface area contributed by atoms with Crippen LogP contribution in [0.5, 0.6) is 40.2 Å². The lowest BCUT2D eigenvalue weighted by molar-refractivity contribution is 0.392. The topological polar surface area (TPSA) is 375 Å². The molecule has 15 rings (SSSR count). The lowest BCUT2D eigenvalue weighted by atomic mass is 10.1. The van der Waals surface area contributed by atoms with Gasteiger partial charge in [0.2, 0.25) is 20.0 Å². The van der Waals surface area contributed by atoms with E-state index in [2.05, 4.69) is 70.2 Å². The summed E-state index contributed by atoms with van der Waals surface area (Å²) in [6.07, 6.45) is 9.20. The van der Waals surface area contributed by atoms with Gasteiger partial charge in [0.25, 0.3) is 0 Å². The first-order valence-electron chi connectivity index (χ1n) is 39.2. The minimum absolute atomic E-state index is 0.0160. The highest BCUT2D eigenvalue weighted by Gasteiger charge is 2.26. The number of hydrogen-bond donors (Lipinski definition) is 2. The Hall–Kier alpha value is -11.3. The van der Waals surface area contributed by atoms with Crippen LogP contribution in [0.2, 0.25) is 13.0 Å². The maximum absolute atomic E-state index is 13.0. The number of nitrogens with zero attached hydrogens (tertiary/aromatic N) is 9. The number of pyridine rings is 9. The van der Waals surface area contributed by atoms with Crippen LogP contribution >= 0.6 is 84.7 Å². The van der Waals surface area contributed by atoms with E-state index in [4.69, 9.17) is 68.0 Å². The van der Waals surface area contributed by atoms with Crippen molar-refractivity contribution < 1.29 is 75.2 Å².